The van der Waals surface area contributed by atoms with Crippen molar-refractivity contribution in [2.45, 2.75) is 11.4 Å². The predicted octanol–water partition coefficient (Wildman–Crippen LogP) is 2.57. The number of carbonyl (C=O) groups is 1. The number of benzene rings is 2. The molecule has 1 fully saturated rings. The quantitative estimate of drug-likeness (QED) is 0.563. The number of nitrogens with zero attached hydrogens (tertiary/aromatic N) is 3. The van der Waals surface area contributed by atoms with Gasteiger partial charge in [-0.05, 0) is 30.3 Å². The summed E-state index contributed by atoms with van der Waals surface area (Å²) in [7, 11) is -3.88. The second-order valence-corrected chi connectivity index (χ2v) is 9.71. The molecular weight excluding hydrogens is 472 g/mol. The minimum absolute atomic E-state index is 0.0553. The van der Waals surface area contributed by atoms with E-state index in [4.69, 9.17) is 27.6 Å². The average molecular weight is 488 g/mol. The highest BCUT2D eigenvalue weighted by Gasteiger charge is 2.31. The highest BCUT2D eigenvalue weighted by atomic mass is 35.5. The summed E-state index contributed by atoms with van der Waals surface area (Å²) in [5.74, 6) is -1.73. The lowest BCUT2D eigenvalue weighted by atomic mass is 10.3. The van der Waals surface area contributed by atoms with E-state index in [1.807, 2.05) is 0 Å². The van der Waals surface area contributed by atoms with E-state index in [1.54, 1.807) is 12.1 Å². The van der Waals surface area contributed by atoms with Crippen LogP contribution in [-0.2, 0) is 21.4 Å². The molecule has 0 spiro atoms. The van der Waals surface area contributed by atoms with Gasteiger partial charge in [-0.15, -0.1) is 0 Å². The Kier molecular flexibility index (Phi) is 5.82. The van der Waals surface area contributed by atoms with E-state index in [0.29, 0.717) is 10.5 Å². The number of hydrogen-bond donors (Lipinski definition) is 0. The van der Waals surface area contributed by atoms with Crippen molar-refractivity contribution in [3.05, 3.63) is 62.8 Å². The number of fused-ring (bicyclic) bond motifs is 1. The molecule has 4 rings (SSSR count). The molecule has 164 valence electrons. The first-order valence-corrected chi connectivity index (χ1v) is 11.4. The smallest absolute Gasteiger partial charge is 0.408 e. The minimum Gasteiger partial charge on any atom is -0.408 e. The summed E-state index contributed by atoms with van der Waals surface area (Å²) in [4.78, 5) is 26.2. The Morgan fingerprint density at radius 1 is 1.06 bits per heavy atom. The van der Waals surface area contributed by atoms with Gasteiger partial charge in [-0.3, -0.25) is 9.36 Å². The first-order chi connectivity index (χ1) is 14.7. The Labute approximate surface area is 186 Å². The molecule has 1 aliphatic rings. The zero-order chi connectivity index (χ0) is 22.3. The average Bonchev–Trinajstić information content (AvgIpc) is 3.04. The molecule has 12 heteroatoms. The molecule has 0 atom stereocenters. The van der Waals surface area contributed by atoms with Crippen molar-refractivity contribution in [3.63, 3.8) is 0 Å². The van der Waals surface area contributed by atoms with Crippen LogP contribution in [0.4, 0.5) is 4.39 Å². The molecule has 0 aliphatic carbocycles. The summed E-state index contributed by atoms with van der Waals surface area (Å²) in [6, 6.07) is 7.88. The summed E-state index contributed by atoms with van der Waals surface area (Å²) in [5, 5.41) is 0.119. The maximum atomic E-state index is 13.3. The Hall–Kier alpha value is -2.40. The van der Waals surface area contributed by atoms with Crippen LogP contribution in [0.15, 0.2) is 50.5 Å². The molecular formula is C19H16Cl2FN3O5S. The highest BCUT2D eigenvalue weighted by molar-refractivity contribution is 7.89. The zero-order valence-electron chi connectivity index (χ0n) is 15.9. The lowest BCUT2D eigenvalue weighted by molar-refractivity contribution is -0.133. The van der Waals surface area contributed by atoms with Crippen molar-refractivity contribution in [2.24, 2.45) is 0 Å². The number of halogens is 3. The molecule has 31 heavy (non-hydrogen) atoms. The van der Waals surface area contributed by atoms with Gasteiger partial charge in [-0.25, -0.2) is 17.6 Å². The normalized spacial score (nSPS) is 15.5. The number of aromatic nitrogens is 1. The standard InChI is InChI=1S/C19H16Cl2FN3O5S/c20-12-1-4-16-17(9-12)30-19(27)25(16)11-18(26)23-5-7-24(8-6-23)31(28,29)13-2-3-15(22)14(21)10-13/h1-4,9-10H,5-8,11H2. The largest absolute Gasteiger partial charge is 0.420 e. The number of carbonyl (C=O) groups excluding carboxylic acids is 1. The van der Waals surface area contributed by atoms with Gasteiger partial charge in [0.1, 0.15) is 12.4 Å². The number of hydrogen-bond acceptors (Lipinski definition) is 5. The first-order valence-electron chi connectivity index (χ1n) is 9.19. The fourth-order valence-corrected chi connectivity index (χ4v) is 5.25. The van der Waals surface area contributed by atoms with E-state index in [2.05, 4.69) is 0 Å². The third kappa shape index (κ3) is 4.20. The van der Waals surface area contributed by atoms with Gasteiger partial charge in [-0.2, -0.15) is 4.31 Å². The van der Waals surface area contributed by atoms with E-state index in [9.17, 15) is 22.4 Å². The maximum Gasteiger partial charge on any atom is 0.420 e. The molecule has 3 aromatic rings. The molecule has 0 saturated carbocycles. The van der Waals surface area contributed by atoms with Gasteiger partial charge in [-0.1, -0.05) is 23.2 Å². The topological polar surface area (TPSA) is 92.8 Å². The van der Waals surface area contributed by atoms with Crippen LogP contribution in [0.3, 0.4) is 0 Å². The van der Waals surface area contributed by atoms with Crippen molar-refractivity contribution >= 4 is 50.2 Å². The van der Waals surface area contributed by atoms with Crippen LogP contribution in [0.5, 0.6) is 0 Å². The van der Waals surface area contributed by atoms with Gasteiger partial charge in [0.05, 0.1) is 15.4 Å². The molecule has 0 N–H and O–H groups in total. The van der Waals surface area contributed by atoms with Crippen LogP contribution >= 0.6 is 23.2 Å². The summed E-state index contributed by atoms with van der Waals surface area (Å²) in [6.45, 7) is 0.153. The number of rotatable bonds is 4. The highest BCUT2D eigenvalue weighted by Crippen LogP contribution is 2.23. The number of amides is 1. The van der Waals surface area contributed by atoms with Crippen molar-refractivity contribution in [2.75, 3.05) is 26.2 Å². The third-order valence-electron chi connectivity index (χ3n) is 5.04. The van der Waals surface area contributed by atoms with E-state index < -0.39 is 21.6 Å². The van der Waals surface area contributed by atoms with Gasteiger partial charge in [0.2, 0.25) is 15.9 Å². The molecule has 2 heterocycles. The van der Waals surface area contributed by atoms with Gasteiger partial charge < -0.3 is 9.32 Å². The lowest BCUT2D eigenvalue weighted by Crippen LogP contribution is -2.51. The zero-order valence-corrected chi connectivity index (χ0v) is 18.3. The molecule has 1 aliphatic heterocycles. The Balaban J connectivity index is 1.45. The molecule has 1 aromatic heterocycles. The van der Waals surface area contributed by atoms with Crippen molar-refractivity contribution in [1.82, 2.24) is 13.8 Å². The SMILES string of the molecule is O=C(Cn1c(=O)oc2cc(Cl)ccc21)N1CCN(S(=O)(=O)c2ccc(F)c(Cl)c2)CC1. The van der Waals surface area contributed by atoms with Crippen molar-refractivity contribution < 1.29 is 22.0 Å². The van der Waals surface area contributed by atoms with Gasteiger partial charge in [0.15, 0.2) is 5.58 Å². The molecule has 0 unspecified atom stereocenters. The number of oxazole rings is 1. The van der Waals surface area contributed by atoms with Gasteiger partial charge in [0, 0.05) is 37.3 Å². The second-order valence-electron chi connectivity index (χ2n) is 6.93. The third-order valence-corrected chi connectivity index (χ3v) is 7.46. The summed E-state index contributed by atoms with van der Waals surface area (Å²) < 4.78 is 46.4. The summed E-state index contributed by atoms with van der Waals surface area (Å²) in [6.07, 6.45) is 0. The van der Waals surface area contributed by atoms with Crippen molar-refractivity contribution in [3.8, 4) is 0 Å². The Bertz CT molecular complexity index is 1330. The predicted molar refractivity (Wildman–Crippen MR) is 112 cm³/mol. The number of sulfonamides is 1. The van der Waals surface area contributed by atoms with E-state index in [0.717, 1.165) is 18.2 Å². The van der Waals surface area contributed by atoms with E-state index >= 15 is 0 Å². The molecule has 1 amide bonds. The molecule has 2 aromatic carbocycles. The van der Waals surface area contributed by atoms with Crippen LogP contribution in [0.2, 0.25) is 10.0 Å². The van der Waals surface area contributed by atoms with Crippen LogP contribution in [0.1, 0.15) is 0 Å². The number of piperazine rings is 1. The van der Waals surface area contributed by atoms with Gasteiger partial charge >= 0.3 is 5.76 Å². The lowest BCUT2D eigenvalue weighted by Gasteiger charge is -2.34. The van der Waals surface area contributed by atoms with Crippen LogP contribution in [0, 0.1) is 5.82 Å². The fraction of sp³-hybridized carbons (Fsp3) is 0.263. The maximum absolute atomic E-state index is 13.3. The monoisotopic (exact) mass is 487 g/mol. The Morgan fingerprint density at radius 2 is 1.77 bits per heavy atom. The fourth-order valence-electron chi connectivity index (χ4n) is 3.39. The molecule has 0 bridgehead atoms. The van der Waals surface area contributed by atoms with E-state index in [-0.39, 0.29) is 54.1 Å². The van der Waals surface area contributed by atoms with Crippen LogP contribution < -0.4 is 5.76 Å². The first kappa shape index (κ1) is 21.8. The summed E-state index contributed by atoms with van der Waals surface area (Å²) >= 11 is 11.6. The minimum atomic E-state index is -3.88. The molecule has 0 radical (unpaired) electrons. The van der Waals surface area contributed by atoms with Gasteiger partial charge in [0.25, 0.3) is 0 Å². The van der Waals surface area contributed by atoms with Crippen molar-refractivity contribution in [1.29, 1.82) is 0 Å². The molecule has 1 saturated heterocycles. The second kappa shape index (κ2) is 8.27. The van der Waals surface area contributed by atoms with E-state index in [1.165, 1.54) is 19.8 Å². The van der Waals surface area contributed by atoms with Crippen LogP contribution in [-0.4, -0.2) is 54.3 Å². The molecule has 8 nitrogen and oxygen atoms in total. The Morgan fingerprint density at radius 3 is 2.45 bits per heavy atom. The summed E-state index contributed by atoms with van der Waals surface area (Å²) in [5.41, 5.74) is 0.719. The van der Waals surface area contributed by atoms with Crippen LogP contribution in [0.25, 0.3) is 11.1 Å².